The first-order chi connectivity index (χ1) is 14.6. The maximum Gasteiger partial charge on any atom is 0.339 e. The van der Waals surface area contributed by atoms with Crippen LogP contribution in [0.25, 0.3) is 27.9 Å². The fourth-order valence-electron chi connectivity index (χ4n) is 3.73. The van der Waals surface area contributed by atoms with E-state index in [0.29, 0.717) is 27.9 Å². The van der Waals surface area contributed by atoms with E-state index in [1.165, 1.54) is 13.5 Å². The van der Waals surface area contributed by atoms with Gasteiger partial charge in [0.2, 0.25) is 0 Å². The number of hydrogen-bond acceptors (Lipinski definition) is 6. The van der Waals surface area contributed by atoms with Crippen molar-refractivity contribution in [3.63, 3.8) is 0 Å². The smallest absolute Gasteiger partial charge is 0.339 e. The van der Waals surface area contributed by atoms with E-state index in [2.05, 4.69) is 21.3 Å². The van der Waals surface area contributed by atoms with Gasteiger partial charge in [0, 0.05) is 5.56 Å². The van der Waals surface area contributed by atoms with Gasteiger partial charge in [-0.25, -0.2) is 14.6 Å². The van der Waals surface area contributed by atoms with Gasteiger partial charge in [-0.15, -0.1) is 0 Å². The van der Waals surface area contributed by atoms with Crippen LogP contribution in [-0.2, 0) is 9.47 Å². The second-order valence-electron chi connectivity index (χ2n) is 7.12. The summed E-state index contributed by atoms with van der Waals surface area (Å²) in [6.07, 6.45) is 6.44. The Morgan fingerprint density at radius 2 is 1.93 bits per heavy atom. The number of fused-ring (bicyclic) bond motifs is 1. The summed E-state index contributed by atoms with van der Waals surface area (Å²) in [5.74, 6) is -0.814. The summed E-state index contributed by atoms with van der Waals surface area (Å²) in [6.45, 7) is 2.06. The number of H-pyrrole nitrogens is 1. The van der Waals surface area contributed by atoms with Crippen molar-refractivity contribution in [2.75, 3.05) is 13.7 Å². The van der Waals surface area contributed by atoms with Crippen molar-refractivity contribution in [3.8, 4) is 11.3 Å². The summed E-state index contributed by atoms with van der Waals surface area (Å²) in [5.41, 5.74) is 4.69. The van der Waals surface area contributed by atoms with Crippen LogP contribution in [0.2, 0.25) is 0 Å². The van der Waals surface area contributed by atoms with Gasteiger partial charge in [0.1, 0.15) is 0 Å². The van der Waals surface area contributed by atoms with Crippen LogP contribution in [0.4, 0.5) is 0 Å². The van der Waals surface area contributed by atoms with Crippen LogP contribution >= 0.6 is 0 Å². The van der Waals surface area contributed by atoms with Crippen LogP contribution < -0.4 is 0 Å². The molecule has 1 aliphatic carbocycles. The second-order valence-corrected chi connectivity index (χ2v) is 7.12. The molecule has 1 N–H and O–H groups in total. The number of nitrogens with one attached hydrogen (secondary N) is 1. The largest absolute Gasteiger partial charge is 0.465 e. The lowest BCUT2D eigenvalue weighted by Crippen LogP contribution is -2.07. The molecule has 0 atom stereocenters. The number of carbonyl (C=O) groups is 2. The first-order valence-electron chi connectivity index (χ1n) is 10.1. The quantitative estimate of drug-likeness (QED) is 0.626. The molecule has 2 aromatic heterocycles. The van der Waals surface area contributed by atoms with E-state index in [4.69, 9.17) is 9.47 Å². The lowest BCUT2D eigenvalue weighted by atomic mass is 9.94. The fourth-order valence-corrected chi connectivity index (χ4v) is 3.73. The highest BCUT2D eigenvalue weighted by Crippen LogP contribution is 2.33. The third-order valence-corrected chi connectivity index (χ3v) is 5.23. The SMILES string of the molecule is CCOC(=O)c1cc(-c2ccc(C(=O)OC)cc2)nc2n[nH]c(C3=CCCCC3)c12. The fraction of sp³-hybridized carbons (Fsp3) is 0.304. The number of methoxy groups -OCH3 is 1. The Balaban J connectivity index is 1.84. The number of pyridine rings is 1. The van der Waals surface area contributed by atoms with Crippen LogP contribution in [0, 0.1) is 0 Å². The van der Waals surface area contributed by atoms with Crippen molar-refractivity contribution in [1.82, 2.24) is 15.2 Å². The van der Waals surface area contributed by atoms with Crippen molar-refractivity contribution < 1.29 is 19.1 Å². The molecule has 0 bridgehead atoms. The van der Waals surface area contributed by atoms with Crippen LogP contribution in [0.3, 0.4) is 0 Å². The normalized spacial score (nSPS) is 13.7. The Labute approximate surface area is 174 Å². The first-order valence-corrected chi connectivity index (χ1v) is 10.1. The molecule has 7 heteroatoms. The molecule has 1 aliphatic rings. The summed E-state index contributed by atoms with van der Waals surface area (Å²) in [7, 11) is 1.34. The van der Waals surface area contributed by atoms with E-state index in [0.717, 1.165) is 36.1 Å². The number of esters is 2. The van der Waals surface area contributed by atoms with E-state index in [1.807, 2.05) is 0 Å². The van der Waals surface area contributed by atoms with E-state index in [9.17, 15) is 9.59 Å². The minimum absolute atomic E-state index is 0.279. The van der Waals surface area contributed by atoms with Crippen LogP contribution in [-0.4, -0.2) is 40.8 Å². The Bertz CT molecular complexity index is 1130. The van der Waals surface area contributed by atoms with Gasteiger partial charge in [-0.3, -0.25) is 5.10 Å². The first kappa shape index (κ1) is 19.8. The highest BCUT2D eigenvalue weighted by atomic mass is 16.5. The summed E-state index contributed by atoms with van der Waals surface area (Å²) in [5, 5.41) is 8.16. The monoisotopic (exact) mass is 405 g/mol. The van der Waals surface area contributed by atoms with Crippen molar-refractivity contribution in [3.05, 3.63) is 53.2 Å². The molecule has 0 radical (unpaired) electrons. The molecule has 0 amide bonds. The highest BCUT2D eigenvalue weighted by molar-refractivity contribution is 6.07. The summed E-state index contributed by atoms with van der Waals surface area (Å²) >= 11 is 0. The minimum Gasteiger partial charge on any atom is -0.465 e. The number of carbonyl (C=O) groups excluding carboxylic acids is 2. The number of allylic oxidation sites excluding steroid dienone is 2. The molecular weight excluding hydrogens is 382 g/mol. The molecule has 7 nitrogen and oxygen atoms in total. The third-order valence-electron chi connectivity index (χ3n) is 5.23. The number of nitrogens with zero attached hydrogens (tertiary/aromatic N) is 2. The predicted molar refractivity (Wildman–Crippen MR) is 113 cm³/mol. The van der Waals surface area contributed by atoms with E-state index >= 15 is 0 Å². The Morgan fingerprint density at radius 1 is 1.13 bits per heavy atom. The second kappa shape index (κ2) is 8.49. The molecule has 2 heterocycles. The molecule has 0 fully saturated rings. The molecule has 0 saturated heterocycles. The van der Waals surface area contributed by atoms with Gasteiger partial charge in [-0.05, 0) is 56.4 Å². The zero-order chi connectivity index (χ0) is 21.1. The molecule has 0 unspecified atom stereocenters. The molecule has 0 saturated carbocycles. The molecular formula is C23H23N3O4. The lowest BCUT2D eigenvalue weighted by molar-refractivity contribution is 0.0527. The number of aromatic amines is 1. The van der Waals surface area contributed by atoms with Crippen molar-refractivity contribution in [1.29, 1.82) is 0 Å². The molecule has 0 aliphatic heterocycles. The van der Waals surface area contributed by atoms with Crippen molar-refractivity contribution in [2.45, 2.75) is 32.6 Å². The summed E-state index contributed by atoms with van der Waals surface area (Å²) < 4.78 is 10.1. The van der Waals surface area contributed by atoms with Gasteiger partial charge in [-0.1, -0.05) is 18.2 Å². The van der Waals surface area contributed by atoms with E-state index < -0.39 is 11.9 Å². The zero-order valence-electron chi connectivity index (χ0n) is 17.0. The summed E-state index contributed by atoms with van der Waals surface area (Å²) in [4.78, 5) is 29.1. The topological polar surface area (TPSA) is 94.2 Å². The van der Waals surface area contributed by atoms with Crippen molar-refractivity contribution >= 4 is 28.5 Å². The average Bonchev–Trinajstić information content (AvgIpc) is 3.23. The standard InChI is InChI=1S/C23H23N3O4/c1-3-30-23(28)17-13-18(14-9-11-16(12-10-14)22(27)29-2)24-21-19(17)20(25-26-21)15-7-5-4-6-8-15/h7,9-13H,3-6,8H2,1-2H3,(H,24,25,26). The predicted octanol–water partition coefficient (Wildman–Crippen LogP) is 4.55. The molecule has 0 spiro atoms. The summed E-state index contributed by atoms with van der Waals surface area (Å²) in [6, 6.07) is 8.61. The third kappa shape index (κ3) is 3.70. The van der Waals surface area contributed by atoms with Gasteiger partial charge in [0.15, 0.2) is 5.65 Å². The highest BCUT2D eigenvalue weighted by Gasteiger charge is 2.22. The van der Waals surface area contributed by atoms with Crippen LogP contribution in [0.1, 0.15) is 59.0 Å². The molecule has 4 rings (SSSR count). The van der Waals surface area contributed by atoms with Crippen LogP contribution in [0.15, 0.2) is 36.4 Å². The Morgan fingerprint density at radius 3 is 2.60 bits per heavy atom. The molecule has 3 aromatic rings. The number of benzene rings is 1. The minimum atomic E-state index is -0.408. The van der Waals surface area contributed by atoms with Gasteiger partial charge < -0.3 is 9.47 Å². The lowest BCUT2D eigenvalue weighted by Gasteiger charge is -2.13. The maximum absolute atomic E-state index is 12.8. The zero-order valence-corrected chi connectivity index (χ0v) is 17.0. The van der Waals surface area contributed by atoms with Crippen LogP contribution in [0.5, 0.6) is 0 Å². The van der Waals surface area contributed by atoms with Gasteiger partial charge in [0.25, 0.3) is 0 Å². The van der Waals surface area contributed by atoms with Gasteiger partial charge >= 0.3 is 11.9 Å². The average molecular weight is 405 g/mol. The Kier molecular flexibility index (Phi) is 5.61. The van der Waals surface area contributed by atoms with E-state index in [-0.39, 0.29) is 6.61 Å². The molecule has 30 heavy (non-hydrogen) atoms. The molecule has 154 valence electrons. The Hall–Kier alpha value is -3.48. The molecule has 1 aromatic carbocycles. The van der Waals surface area contributed by atoms with Gasteiger partial charge in [-0.2, -0.15) is 5.10 Å². The van der Waals surface area contributed by atoms with Gasteiger partial charge in [0.05, 0.1) is 41.6 Å². The number of ether oxygens (including phenoxy) is 2. The number of rotatable bonds is 5. The van der Waals surface area contributed by atoms with Crippen molar-refractivity contribution in [2.24, 2.45) is 0 Å². The number of aromatic nitrogens is 3. The van der Waals surface area contributed by atoms with E-state index in [1.54, 1.807) is 37.3 Å². The number of hydrogen-bond donors (Lipinski definition) is 1. The maximum atomic E-state index is 12.8.